The maximum Gasteiger partial charge on any atom is 0.410 e. The van der Waals surface area contributed by atoms with Crippen molar-refractivity contribution in [1.82, 2.24) is 29.6 Å². The Morgan fingerprint density at radius 2 is 1.95 bits per heavy atom. The largest absolute Gasteiger partial charge is 0.486 e. The molecule has 4 aromatic rings. The third-order valence-corrected chi connectivity index (χ3v) is 7.75. The van der Waals surface area contributed by atoms with Crippen LogP contribution in [0.3, 0.4) is 0 Å². The van der Waals surface area contributed by atoms with Crippen molar-refractivity contribution in [3.63, 3.8) is 0 Å². The Balaban J connectivity index is 1.33. The van der Waals surface area contributed by atoms with Gasteiger partial charge in [0, 0.05) is 30.0 Å². The van der Waals surface area contributed by atoms with Crippen LogP contribution in [0.5, 0.6) is 5.75 Å². The van der Waals surface area contributed by atoms with Crippen LogP contribution in [0.4, 0.5) is 4.79 Å². The van der Waals surface area contributed by atoms with Gasteiger partial charge in [-0.05, 0) is 65.2 Å². The van der Waals surface area contributed by atoms with Gasteiger partial charge in [0.15, 0.2) is 12.1 Å². The van der Waals surface area contributed by atoms with E-state index in [1.54, 1.807) is 17.3 Å². The summed E-state index contributed by atoms with van der Waals surface area (Å²) in [5.74, 6) is 1.26. The van der Waals surface area contributed by atoms with E-state index in [0.717, 1.165) is 41.6 Å². The standard InChI is InChI=1S/C29H32Cl2N6O4/c1-16(25-19(30)12-32-13-20(25)31)40-17-8-9-23-18(11-17)26(35-37(23)24-7-5-6-10-39-24)27-33-21-14-36(15-22(21)34-27)28(38)41-29(2,3)4/h8-9,11-13,16,24H,5-7,10,14-15H2,1-4H3,(H,33,34). The van der Waals surface area contributed by atoms with E-state index in [4.69, 9.17) is 47.5 Å². The highest BCUT2D eigenvalue weighted by Gasteiger charge is 2.32. The number of rotatable bonds is 5. The Kier molecular flexibility index (Phi) is 7.33. The fourth-order valence-electron chi connectivity index (χ4n) is 5.28. The second kappa shape index (κ2) is 10.8. The van der Waals surface area contributed by atoms with Crippen molar-refractivity contribution < 1.29 is 19.0 Å². The van der Waals surface area contributed by atoms with Gasteiger partial charge in [0.2, 0.25) is 0 Å². The molecule has 0 bridgehead atoms. The van der Waals surface area contributed by atoms with E-state index in [0.29, 0.717) is 52.6 Å². The minimum Gasteiger partial charge on any atom is -0.486 e. The third-order valence-electron chi connectivity index (χ3n) is 7.15. The zero-order valence-corrected chi connectivity index (χ0v) is 24.9. The number of hydrogen-bond acceptors (Lipinski definition) is 7. The molecule has 10 nitrogen and oxygen atoms in total. The Bertz CT molecular complexity index is 1560. The highest BCUT2D eigenvalue weighted by Crippen LogP contribution is 2.37. The van der Waals surface area contributed by atoms with Gasteiger partial charge in [-0.2, -0.15) is 5.10 Å². The number of nitrogens with zero attached hydrogens (tertiary/aromatic N) is 5. The van der Waals surface area contributed by atoms with Crippen molar-refractivity contribution in [2.24, 2.45) is 0 Å². The van der Waals surface area contributed by atoms with Gasteiger partial charge < -0.3 is 19.2 Å². The minimum atomic E-state index is -0.565. The van der Waals surface area contributed by atoms with Crippen LogP contribution in [-0.4, -0.2) is 47.9 Å². The number of pyridine rings is 1. The number of nitrogens with one attached hydrogen (secondary N) is 1. The lowest BCUT2D eigenvalue weighted by Gasteiger charge is -2.24. The summed E-state index contributed by atoms with van der Waals surface area (Å²) >= 11 is 12.8. The fraction of sp³-hybridized carbons (Fsp3) is 0.448. The number of H-pyrrole nitrogens is 1. The molecule has 3 aromatic heterocycles. The number of halogens is 2. The van der Waals surface area contributed by atoms with E-state index in [1.165, 1.54) is 0 Å². The molecule has 12 heteroatoms. The predicted octanol–water partition coefficient (Wildman–Crippen LogP) is 7.22. The minimum absolute atomic E-state index is 0.162. The van der Waals surface area contributed by atoms with Crippen LogP contribution in [0, 0.1) is 0 Å². The highest BCUT2D eigenvalue weighted by atomic mass is 35.5. The number of amides is 1. The summed E-state index contributed by atoms with van der Waals surface area (Å²) in [6.07, 6.45) is 5.16. The first-order valence-corrected chi connectivity index (χ1v) is 14.5. The number of imidazole rings is 1. The maximum atomic E-state index is 12.6. The molecule has 0 saturated carbocycles. The van der Waals surface area contributed by atoms with Crippen molar-refractivity contribution >= 4 is 40.2 Å². The number of benzene rings is 1. The van der Waals surface area contributed by atoms with E-state index in [-0.39, 0.29) is 12.3 Å². The molecular weight excluding hydrogens is 567 g/mol. The number of aromatic amines is 1. The Morgan fingerprint density at radius 1 is 1.17 bits per heavy atom. The van der Waals surface area contributed by atoms with Crippen LogP contribution in [-0.2, 0) is 22.6 Å². The molecule has 2 unspecified atom stereocenters. The molecule has 0 spiro atoms. The molecule has 0 aliphatic carbocycles. The molecule has 1 N–H and O–H groups in total. The third kappa shape index (κ3) is 5.60. The lowest BCUT2D eigenvalue weighted by atomic mass is 10.1. The van der Waals surface area contributed by atoms with Crippen molar-refractivity contribution in [1.29, 1.82) is 0 Å². The van der Waals surface area contributed by atoms with Crippen LogP contribution in [0.15, 0.2) is 30.6 Å². The zero-order chi connectivity index (χ0) is 28.9. The first-order valence-electron chi connectivity index (χ1n) is 13.7. The monoisotopic (exact) mass is 598 g/mol. The van der Waals surface area contributed by atoms with Gasteiger partial charge in [-0.1, -0.05) is 23.2 Å². The molecule has 2 atom stereocenters. The summed E-state index contributed by atoms with van der Waals surface area (Å²) in [6, 6.07) is 5.85. The summed E-state index contributed by atoms with van der Waals surface area (Å²) in [6.45, 7) is 8.91. The van der Waals surface area contributed by atoms with E-state index in [1.807, 2.05) is 50.6 Å². The van der Waals surface area contributed by atoms with Crippen LogP contribution in [0.25, 0.3) is 22.4 Å². The molecule has 1 fully saturated rings. The topological polar surface area (TPSA) is 107 Å². The van der Waals surface area contributed by atoms with Crippen LogP contribution < -0.4 is 4.74 Å². The van der Waals surface area contributed by atoms with Gasteiger partial charge in [-0.25, -0.2) is 14.5 Å². The lowest BCUT2D eigenvalue weighted by Crippen LogP contribution is -2.33. The molecule has 1 aromatic carbocycles. The van der Waals surface area contributed by atoms with Crippen molar-refractivity contribution in [2.45, 2.75) is 78.0 Å². The van der Waals surface area contributed by atoms with Gasteiger partial charge in [0.05, 0.1) is 40.0 Å². The molecule has 5 heterocycles. The predicted molar refractivity (Wildman–Crippen MR) is 155 cm³/mol. The normalized spacial score (nSPS) is 18.0. The Hall–Kier alpha value is -3.34. The van der Waals surface area contributed by atoms with Gasteiger partial charge in [0.1, 0.15) is 23.1 Å². The summed E-state index contributed by atoms with van der Waals surface area (Å²) in [4.78, 5) is 26.5. The smallest absolute Gasteiger partial charge is 0.410 e. The van der Waals surface area contributed by atoms with Crippen molar-refractivity contribution in [2.75, 3.05) is 6.61 Å². The summed E-state index contributed by atoms with van der Waals surface area (Å²) < 4.78 is 19.9. The Morgan fingerprint density at radius 3 is 2.63 bits per heavy atom. The number of aromatic nitrogens is 5. The van der Waals surface area contributed by atoms with Gasteiger partial charge in [0.25, 0.3) is 0 Å². The summed E-state index contributed by atoms with van der Waals surface area (Å²) in [7, 11) is 0. The zero-order valence-electron chi connectivity index (χ0n) is 23.4. The van der Waals surface area contributed by atoms with Crippen molar-refractivity contribution in [3.05, 3.63) is 57.6 Å². The fourth-order valence-corrected chi connectivity index (χ4v) is 5.95. The van der Waals surface area contributed by atoms with E-state index in [2.05, 4.69) is 9.97 Å². The number of hydrogen-bond donors (Lipinski definition) is 1. The second-order valence-corrected chi connectivity index (χ2v) is 12.2. The second-order valence-electron chi connectivity index (χ2n) is 11.4. The summed E-state index contributed by atoms with van der Waals surface area (Å²) in [5.41, 5.74) is 3.37. The van der Waals surface area contributed by atoms with Gasteiger partial charge in [-0.15, -0.1) is 0 Å². The molecule has 216 valence electrons. The Labute approximate surface area is 247 Å². The molecule has 2 aliphatic heterocycles. The number of carbonyl (C=O) groups is 1. The quantitative estimate of drug-likeness (QED) is 0.258. The summed E-state index contributed by atoms with van der Waals surface area (Å²) in [5, 5.41) is 6.75. The number of carbonyl (C=O) groups excluding carboxylic acids is 1. The first-order chi connectivity index (χ1) is 19.6. The highest BCUT2D eigenvalue weighted by molar-refractivity contribution is 6.35. The average Bonchev–Trinajstić information content (AvgIpc) is 3.59. The molecule has 6 rings (SSSR count). The first kappa shape index (κ1) is 27.8. The number of fused-ring (bicyclic) bond motifs is 2. The van der Waals surface area contributed by atoms with Crippen LogP contribution in [0.1, 0.15) is 76.2 Å². The van der Waals surface area contributed by atoms with E-state index in [9.17, 15) is 4.79 Å². The SMILES string of the molecule is CC(Oc1ccc2c(c1)c(-c1nc3c([nH]1)CN(C(=O)OC(C)(C)C)C3)nn2C1CCCCO1)c1c(Cl)cncc1Cl. The molecule has 0 radical (unpaired) electrons. The molecule has 1 amide bonds. The molecule has 2 aliphatic rings. The van der Waals surface area contributed by atoms with Gasteiger partial charge in [-0.3, -0.25) is 9.88 Å². The van der Waals surface area contributed by atoms with Gasteiger partial charge >= 0.3 is 6.09 Å². The number of ether oxygens (including phenoxy) is 3. The van der Waals surface area contributed by atoms with E-state index >= 15 is 0 Å². The lowest BCUT2D eigenvalue weighted by molar-refractivity contribution is -0.0365. The molecular formula is C29H32Cl2N6O4. The van der Waals surface area contributed by atoms with Crippen LogP contribution >= 0.6 is 23.2 Å². The van der Waals surface area contributed by atoms with Crippen LogP contribution in [0.2, 0.25) is 10.0 Å². The molecule has 41 heavy (non-hydrogen) atoms. The van der Waals surface area contributed by atoms with Crippen molar-refractivity contribution in [3.8, 4) is 17.3 Å². The maximum absolute atomic E-state index is 12.6. The molecule has 1 saturated heterocycles. The van der Waals surface area contributed by atoms with E-state index < -0.39 is 11.7 Å². The average molecular weight is 600 g/mol.